The lowest BCUT2D eigenvalue weighted by Gasteiger charge is -2.43. The number of methoxy groups -OCH3 is 1. The molecule has 1 aliphatic carbocycles. The van der Waals surface area contributed by atoms with E-state index in [0.29, 0.717) is 23.4 Å². The minimum Gasteiger partial charge on any atom is -0.488 e. The van der Waals surface area contributed by atoms with Gasteiger partial charge < -0.3 is 19.5 Å². The highest BCUT2D eigenvalue weighted by molar-refractivity contribution is 9.10. The molecule has 2 rings (SSSR count). The third-order valence-electron chi connectivity index (χ3n) is 3.40. The number of ether oxygens (including phenoxy) is 3. The molecule has 1 aromatic carbocycles. The van der Waals surface area contributed by atoms with Crippen LogP contribution < -0.4 is 10.1 Å². The van der Waals surface area contributed by atoms with E-state index < -0.39 is 0 Å². The molecule has 0 heterocycles. The molecule has 3 unspecified atom stereocenters. The Morgan fingerprint density at radius 1 is 1.40 bits per heavy atom. The quantitative estimate of drug-likeness (QED) is 0.768. The SMILES string of the molecule is CNC1CC(Oc2ccc(F)c(Br)c2)C1OCCOC. The molecule has 1 saturated carbocycles. The zero-order valence-corrected chi connectivity index (χ0v) is 13.2. The Morgan fingerprint density at radius 2 is 2.20 bits per heavy atom. The highest BCUT2D eigenvalue weighted by atomic mass is 79.9. The van der Waals surface area contributed by atoms with Gasteiger partial charge in [-0.15, -0.1) is 0 Å². The standard InChI is InChI=1S/C14H19BrFNO3/c1-17-12-8-13(14(12)19-6-5-18-2)20-9-3-4-11(16)10(15)7-9/h3-4,7,12-14,17H,5-6,8H2,1-2H3. The fourth-order valence-electron chi connectivity index (χ4n) is 2.20. The molecule has 1 N–H and O–H groups in total. The van der Waals surface area contributed by atoms with Gasteiger partial charge in [-0.05, 0) is 41.2 Å². The van der Waals surface area contributed by atoms with Crippen LogP contribution in [0.5, 0.6) is 5.75 Å². The predicted octanol–water partition coefficient (Wildman–Crippen LogP) is 2.36. The van der Waals surface area contributed by atoms with Gasteiger partial charge in [0.15, 0.2) is 0 Å². The van der Waals surface area contributed by atoms with Crippen LogP contribution in [0.2, 0.25) is 0 Å². The van der Waals surface area contributed by atoms with Crippen LogP contribution in [-0.4, -0.2) is 45.6 Å². The molecule has 0 spiro atoms. The summed E-state index contributed by atoms with van der Waals surface area (Å²) in [5.74, 6) is 0.338. The second-order valence-corrected chi connectivity index (χ2v) is 5.55. The average Bonchev–Trinajstić information content (AvgIpc) is 2.43. The lowest BCUT2D eigenvalue weighted by Crippen LogP contribution is -2.60. The van der Waals surface area contributed by atoms with E-state index in [-0.39, 0.29) is 24.1 Å². The van der Waals surface area contributed by atoms with Crippen molar-refractivity contribution in [3.63, 3.8) is 0 Å². The Morgan fingerprint density at radius 3 is 2.85 bits per heavy atom. The molecule has 1 fully saturated rings. The number of likely N-dealkylation sites (N-methyl/N-ethyl adjacent to an activating group) is 1. The summed E-state index contributed by atoms with van der Waals surface area (Å²) < 4.78 is 30.2. The maximum atomic E-state index is 13.2. The second-order valence-electron chi connectivity index (χ2n) is 4.69. The predicted molar refractivity (Wildman–Crippen MR) is 77.6 cm³/mol. The van der Waals surface area contributed by atoms with Crippen LogP contribution in [0.25, 0.3) is 0 Å². The number of hydrogen-bond acceptors (Lipinski definition) is 4. The lowest BCUT2D eigenvalue weighted by molar-refractivity contribution is -0.114. The van der Waals surface area contributed by atoms with Gasteiger partial charge in [0.05, 0.1) is 17.7 Å². The van der Waals surface area contributed by atoms with E-state index in [4.69, 9.17) is 14.2 Å². The van der Waals surface area contributed by atoms with Crippen molar-refractivity contribution >= 4 is 15.9 Å². The molecular formula is C14H19BrFNO3. The summed E-state index contributed by atoms with van der Waals surface area (Å²) in [6, 6.07) is 4.92. The largest absolute Gasteiger partial charge is 0.488 e. The zero-order valence-electron chi connectivity index (χ0n) is 11.6. The Hall–Kier alpha value is -0.690. The molecule has 20 heavy (non-hydrogen) atoms. The number of rotatable bonds is 7. The Kier molecular flexibility index (Phi) is 5.77. The molecule has 1 aliphatic rings. The van der Waals surface area contributed by atoms with Crippen LogP contribution in [0, 0.1) is 5.82 Å². The number of nitrogens with one attached hydrogen (secondary N) is 1. The van der Waals surface area contributed by atoms with E-state index in [1.54, 1.807) is 19.2 Å². The number of halogens is 2. The lowest BCUT2D eigenvalue weighted by atomic mass is 9.85. The molecule has 112 valence electrons. The van der Waals surface area contributed by atoms with E-state index in [0.717, 1.165) is 6.42 Å². The minimum atomic E-state index is -0.299. The molecule has 0 aromatic heterocycles. The molecule has 6 heteroatoms. The van der Waals surface area contributed by atoms with E-state index in [9.17, 15) is 4.39 Å². The third kappa shape index (κ3) is 3.69. The Bertz CT molecular complexity index is 446. The normalized spacial score (nSPS) is 25.3. The fourth-order valence-corrected chi connectivity index (χ4v) is 2.55. The van der Waals surface area contributed by atoms with Crippen LogP contribution in [-0.2, 0) is 9.47 Å². The van der Waals surface area contributed by atoms with Crippen LogP contribution in [0.4, 0.5) is 4.39 Å². The third-order valence-corrected chi connectivity index (χ3v) is 4.00. The summed E-state index contributed by atoms with van der Waals surface area (Å²) in [6.45, 7) is 1.09. The first-order valence-electron chi connectivity index (χ1n) is 6.55. The van der Waals surface area contributed by atoms with Gasteiger partial charge in [0, 0.05) is 19.6 Å². The van der Waals surface area contributed by atoms with Crippen LogP contribution in [0.15, 0.2) is 22.7 Å². The summed E-state index contributed by atoms with van der Waals surface area (Å²) in [6.07, 6.45) is 0.823. The molecule has 0 amide bonds. The summed E-state index contributed by atoms with van der Waals surface area (Å²) in [5.41, 5.74) is 0. The highest BCUT2D eigenvalue weighted by Gasteiger charge is 2.43. The Labute approximate surface area is 126 Å². The molecule has 0 bridgehead atoms. The first-order valence-corrected chi connectivity index (χ1v) is 7.34. The number of hydrogen-bond donors (Lipinski definition) is 1. The van der Waals surface area contributed by atoms with Crippen LogP contribution in [0.3, 0.4) is 0 Å². The molecule has 4 nitrogen and oxygen atoms in total. The van der Waals surface area contributed by atoms with Crippen LogP contribution in [0.1, 0.15) is 6.42 Å². The second kappa shape index (κ2) is 7.36. The molecule has 0 radical (unpaired) electrons. The van der Waals surface area contributed by atoms with Crippen molar-refractivity contribution in [1.82, 2.24) is 5.32 Å². The van der Waals surface area contributed by atoms with Crippen molar-refractivity contribution in [3.8, 4) is 5.75 Å². The average molecular weight is 348 g/mol. The molecule has 0 aliphatic heterocycles. The van der Waals surface area contributed by atoms with Gasteiger partial charge in [-0.2, -0.15) is 0 Å². The fraction of sp³-hybridized carbons (Fsp3) is 0.571. The minimum absolute atomic E-state index is 0.0148. The summed E-state index contributed by atoms with van der Waals surface area (Å²) in [4.78, 5) is 0. The van der Waals surface area contributed by atoms with Crippen molar-refractivity contribution in [1.29, 1.82) is 0 Å². The molecule has 3 atom stereocenters. The molecule has 0 saturated heterocycles. The van der Waals surface area contributed by atoms with Gasteiger partial charge in [0.2, 0.25) is 0 Å². The molecular weight excluding hydrogens is 329 g/mol. The highest BCUT2D eigenvalue weighted by Crippen LogP contribution is 2.30. The summed E-state index contributed by atoms with van der Waals surface area (Å²) in [7, 11) is 3.55. The van der Waals surface area contributed by atoms with E-state index >= 15 is 0 Å². The first-order chi connectivity index (χ1) is 9.65. The van der Waals surface area contributed by atoms with Gasteiger partial charge in [-0.1, -0.05) is 0 Å². The maximum absolute atomic E-state index is 13.2. The smallest absolute Gasteiger partial charge is 0.137 e. The van der Waals surface area contributed by atoms with Crippen LogP contribution >= 0.6 is 15.9 Å². The van der Waals surface area contributed by atoms with E-state index in [1.807, 2.05) is 7.05 Å². The summed E-state index contributed by atoms with van der Waals surface area (Å²) >= 11 is 3.15. The van der Waals surface area contributed by atoms with Gasteiger partial charge in [0.25, 0.3) is 0 Å². The van der Waals surface area contributed by atoms with Crippen molar-refractivity contribution in [2.24, 2.45) is 0 Å². The monoisotopic (exact) mass is 347 g/mol. The summed E-state index contributed by atoms with van der Waals surface area (Å²) in [5, 5.41) is 3.20. The van der Waals surface area contributed by atoms with Crippen molar-refractivity contribution in [2.45, 2.75) is 24.7 Å². The van der Waals surface area contributed by atoms with Gasteiger partial charge in [-0.3, -0.25) is 0 Å². The van der Waals surface area contributed by atoms with Gasteiger partial charge in [0.1, 0.15) is 23.8 Å². The van der Waals surface area contributed by atoms with Gasteiger partial charge >= 0.3 is 0 Å². The Balaban J connectivity index is 1.92. The topological polar surface area (TPSA) is 39.7 Å². The van der Waals surface area contributed by atoms with Crippen molar-refractivity contribution in [2.75, 3.05) is 27.4 Å². The van der Waals surface area contributed by atoms with Gasteiger partial charge in [-0.25, -0.2) is 4.39 Å². The zero-order chi connectivity index (χ0) is 14.5. The van der Waals surface area contributed by atoms with Crippen molar-refractivity contribution in [3.05, 3.63) is 28.5 Å². The van der Waals surface area contributed by atoms with Crippen molar-refractivity contribution < 1.29 is 18.6 Å². The maximum Gasteiger partial charge on any atom is 0.137 e. The number of benzene rings is 1. The van der Waals surface area contributed by atoms with E-state index in [2.05, 4.69) is 21.2 Å². The first kappa shape index (κ1) is 15.7. The molecule has 1 aromatic rings. The van der Waals surface area contributed by atoms with E-state index in [1.165, 1.54) is 6.07 Å².